The number of para-hydroxylation sites is 2. The molecule has 0 aliphatic rings. The van der Waals surface area contributed by atoms with E-state index >= 15 is 0 Å². The average Bonchev–Trinajstić information content (AvgIpc) is 2.85. The number of anilines is 1. The summed E-state index contributed by atoms with van der Waals surface area (Å²) in [5.41, 5.74) is 0.881. The first-order valence-electron chi connectivity index (χ1n) is 10.5. The molecule has 4 rings (SSSR count). The van der Waals surface area contributed by atoms with Crippen molar-refractivity contribution in [2.75, 3.05) is 12.4 Å². The van der Waals surface area contributed by atoms with Crippen molar-refractivity contribution in [3.05, 3.63) is 82.9 Å². The van der Waals surface area contributed by atoms with E-state index in [4.69, 9.17) is 16.3 Å². The fourth-order valence-corrected chi connectivity index (χ4v) is 4.66. The molecule has 0 unspecified atom stereocenters. The third kappa shape index (κ3) is 4.87. The Hall–Kier alpha value is -3.99. The van der Waals surface area contributed by atoms with Gasteiger partial charge in [-0.15, -0.1) is 5.11 Å². The van der Waals surface area contributed by atoms with Crippen LogP contribution in [0.15, 0.2) is 81.9 Å². The predicted octanol–water partition coefficient (Wildman–Crippen LogP) is 6.43. The van der Waals surface area contributed by atoms with Gasteiger partial charge < -0.3 is 15.2 Å². The maximum atomic E-state index is 13.1. The van der Waals surface area contributed by atoms with Gasteiger partial charge in [0, 0.05) is 5.39 Å². The van der Waals surface area contributed by atoms with Crippen LogP contribution in [0.25, 0.3) is 10.8 Å². The maximum Gasteiger partial charge on any atom is 0.296 e. The molecule has 4 aromatic rings. The molecule has 36 heavy (non-hydrogen) atoms. The molecule has 0 spiro atoms. The highest BCUT2D eigenvalue weighted by Gasteiger charge is 2.21. The molecule has 0 aliphatic carbocycles. The molecule has 0 saturated heterocycles. The zero-order valence-corrected chi connectivity index (χ0v) is 20.6. The Bertz CT molecular complexity index is 1640. The van der Waals surface area contributed by atoms with Crippen molar-refractivity contribution in [1.29, 1.82) is 0 Å². The lowest BCUT2D eigenvalue weighted by Gasteiger charge is -2.13. The first-order chi connectivity index (χ1) is 17.1. The maximum absolute atomic E-state index is 13.1. The van der Waals surface area contributed by atoms with Crippen molar-refractivity contribution in [3.8, 4) is 11.5 Å². The summed E-state index contributed by atoms with van der Waals surface area (Å²) >= 11 is 6.11. The van der Waals surface area contributed by atoms with Crippen molar-refractivity contribution >= 4 is 55.5 Å². The van der Waals surface area contributed by atoms with Gasteiger partial charge in [0.05, 0.1) is 29.1 Å². The van der Waals surface area contributed by atoms with Crippen LogP contribution >= 0.6 is 11.6 Å². The van der Waals surface area contributed by atoms with E-state index in [0.717, 1.165) is 6.07 Å². The normalized spacial score (nSPS) is 11.7. The standard InChI is InChI=1S/C25H20ClN3O6S/c1-14-18(11-12-21(22(14)26)36(32,33)34)28-29-23-16-8-4-3-7-15(16)13-17(24(23)30)25(31)27-19-9-5-6-10-20(19)35-2/h3-13,30H,1-2H3,(H,27,31)(H,32,33,34). The van der Waals surface area contributed by atoms with E-state index in [2.05, 4.69) is 15.5 Å². The molecule has 11 heteroatoms. The van der Waals surface area contributed by atoms with E-state index in [9.17, 15) is 22.9 Å². The largest absolute Gasteiger partial charge is 0.505 e. The van der Waals surface area contributed by atoms with Crippen LogP contribution in [0.4, 0.5) is 17.1 Å². The second kappa shape index (κ2) is 9.94. The molecule has 0 aliphatic heterocycles. The van der Waals surface area contributed by atoms with E-state index in [0.29, 0.717) is 22.2 Å². The number of rotatable bonds is 6. The molecule has 0 bridgehead atoms. The van der Waals surface area contributed by atoms with Crippen LogP contribution in [0.3, 0.4) is 0 Å². The smallest absolute Gasteiger partial charge is 0.296 e. The van der Waals surface area contributed by atoms with Crippen molar-refractivity contribution in [1.82, 2.24) is 0 Å². The van der Waals surface area contributed by atoms with Crippen LogP contribution in [0, 0.1) is 6.92 Å². The second-order valence-electron chi connectivity index (χ2n) is 7.69. The Kier molecular flexibility index (Phi) is 6.93. The topological polar surface area (TPSA) is 138 Å². The van der Waals surface area contributed by atoms with Crippen molar-refractivity contribution in [2.45, 2.75) is 11.8 Å². The van der Waals surface area contributed by atoms with Gasteiger partial charge in [0.25, 0.3) is 16.0 Å². The van der Waals surface area contributed by atoms with Crippen molar-refractivity contribution in [2.24, 2.45) is 10.2 Å². The van der Waals surface area contributed by atoms with Crippen LogP contribution < -0.4 is 10.1 Å². The number of halogens is 1. The monoisotopic (exact) mass is 525 g/mol. The number of carbonyl (C=O) groups is 1. The van der Waals surface area contributed by atoms with Gasteiger partial charge in [0.2, 0.25) is 0 Å². The number of azo groups is 1. The molecular formula is C25H20ClN3O6S. The van der Waals surface area contributed by atoms with Crippen LogP contribution in [-0.4, -0.2) is 31.1 Å². The number of methoxy groups -OCH3 is 1. The lowest BCUT2D eigenvalue weighted by Crippen LogP contribution is -2.13. The summed E-state index contributed by atoms with van der Waals surface area (Å²) in [6.45, 7) is 1.51. The van der Waals surface area contributed by atoms with E-state index in [1.807, 2.05) is 0 Å². The quantitative estimate of drug-likeness (QED) is 0.196. The SMILES string of the molecule is COc1ccccc1NC(=O)c1cc2ccccc2c(N=Nc2ccc(S(=O)(=O)O)c(Cl)c2C)c1O. The van der Waals surface area contributed by atoms with Gasteiger partial charge in [-0.2, -0.15) is 13.5 Å². The molecule has 0 radical (unpaired) electrons. The summed E-state index contributed by atoms with van der Waals surface area (Å²) in [4.78, 5) is 12.7. The number of nitrogens with one attached hydrogen (secondary N) is 1. The van der Waals surface area contributed by atoms with Crippen LogP contribution in [0.5, 0.6) is 11.5 Å². The molecular weight excluding hydrogens is 506 g/mol. The number of phenolic OH excluding ortho intramolecular Hbond substituents is 1. The van der Waals surface area contributed by atoms with Gasteiger partial charge in [-0.1, -0.05) is 48.0 Å². The Balaban J connectivity index is 1.80. The number of ether oxygens (including phenoxy) is 1. The Morgan fingerprint density at radius 3 is 2.44 bits per heavy atom. The van der Waals surface area contributed by atoms with E-state index in [1.54, 1.807) is 48.5 Å². The molecule has 0 heterocycles. The molecule has 1 amide bonds. The third-order valence-corrected chi connectivity index (χ3v) is 6.95. The highest BCUT2D eigenvalue weighted by Crippen LogP contribution is 2.41. The molecule has 0 atom stereocenters. The summed E-state index contributed by atoms with van der Waals surface area (Å²) < 4.78 is 37.6. The average molecular weight is 526 g/mol. The van der Waals surface area contributed by atoms with Crippen LogP contribution in [0.1, 0.15) is 15.9 Å². The van der Waals surface area contributed by atoms with E-state index in [1.165, 1.54) is 26.2 Å². The van der Waals surface area contributed by atoms with Gasteiger partial charge in [0.1, 0.15) is 16.3 Å². The van der Waals surface area contributed by atoms with E-state index < -0.39 is 26.7 Å². The highest BCUT2D eigenvalue weighted by atomic mass is 35.5. The number of carbonyl (C=O) groups excluding carboxylic acids is 1. The lowest BCUT2D eigenvalue weighted by molar-refractivity contribution is 0.102. The second-order valence-corrected chi connectivity index (χ2v) is 9.46. The summed E-state index contributed by atoms with van der Waals surface area (Å²) in [5.74, 6) is -0.536. The fourth-order valence-electron chi connectivity index (χ4n) is 3.59. The number of phenols is 1. The number of benzene rings is 4. The third-order valence-electron chi connectivity index (χ3n) is 5.45. The van der Waals surface area contributed by atoms with E-state index in [-0.39, 0.29) is 27.5 Å². The van der Waals surface area contributed by atoms with Gasteiger partial charge in [-0.3, -0.25) is 9.35 Å². The van der Waals surface area contributed by atoms with Crippen LogP contribution in [0.2, 0.25) is 5.02 Å². The predicted molar refractivity (Wildman–Crippen MR) is 137 cm³/mol. The molecule has 4 aromatic carbocycles. The Labute approximate surface area is 211 Å². The molecule has 184 valence electrons. The molecule has 0 aromatic heterocycles. The number of nitrogens with zero attached hydrogens (tertiary/aromatic N) is 2. The van der Waals surface area contributed by atoms with Gasteiger partial charge in [0.15, 0.2) is 5.75 Å². The molecule has 0 saturated carbocycles. The van der Waals surface area contributed by atoms with Crippen LogP contribution in [-0.2, 0) is 10.1 Å². The summed E-state index contributed by atoms with van der Waals surface area (Å²) in [6, 6.07) is 17.8. The lowest BCUT2D eigenvalue weighted by atomic mass is 10.0. The first-order valence-corrected chi connectivity index (χ1v) is 12.3. The number of amides is 1. The highest BCUT2D eigenvalue weighted by molar-refractivity contribution is 7.86. The minimum atomic E-state index is -4.52. The van der Waals surface area contributed by atoms with Crippen molar-refractivity contribution in [3.63, 3.8) is 0 Å². The minimum Gasteiger partial charge on any atom is -0.505 e. The summed E-state index contributed by atoms with van der Waals surface area (Å²) in [7, 11) is -3.04. The van der Waals surface area contributed by atoms with Gasteiger partial charge in [-0.25, -0.2) is 0 Å². The first kappa shape index (κ1) is 25.1. The molecule has 9 nitrogen and oxygen atoms in total. The number of aromatic hydroxyl groups is 1. The fraction of sp³-hybridized carbons (Fsp3) is 0.0800. The zero-order valence-electron chi connectivity index (χ0n) is 19.1. The Morgan fingerprint density at radius 2 is 1.72 bits per heavy atom. The molecule has 0 fully saturated rings. The number of fused-ring (bicyclic) bond motifs is 1. The van der Waals surface area contributed by atoms with Gasteiger partial charge in [-0.05, 0) is 48.2 Å². The van der Waals surface area contributed by atoms with Gasteiger partial charge >= 0.3 is 0 Å². The molecule has 3 N–H and O–H groups in total. The Morgan fingerprint density at radius 1 is 1.03 bits per heavy atom. The minimum absolute atomic E-state index is 0.0349. The number of hydrogen-bond acceptors (Lipinski definition) is 7. The zero-order chi connectivity index (χ0) is 26.0. The van der Waals surface area contributed by atoms with Crippen molar-refractivity contribution < 1.29 is 27.6 Å². The summed E-state index contributed by atoms with van der Waals surface area (Å²) in [5, 5.41) is 23.0. The number of hydrogen-bond donors (Lipinski definition) is 3. The summed E-state index contributed by atoms with van der Waals surface area (Å²) in [6.07, 6.45) is 0.